The maximum atomic E-state index is 12.5. The molecule has 1 N–H and O–H groups in total. The first kappa shape index (κ1) is 18.2. The lowest BCUT2D eigenvalue weighted by atomic mass is 9.92. The fourth-order valence-corrected chi connectivity index (χ4v) is 4.55. The lowest BCUT2D eigenvalue weighted by molar-refractivity contribution is -0.122. The average molecular weight is 378 g/mol. The van der Waals surface area contributed by atoms with Crippen LogP contribution in [0.2, 0.25) is 0 Å². The van der Waals surface area contributed by atoms with Crippen molar-refractivity contribution in [2.75, 3.05) is 11.1 Å². The molecule has 2 aromatic rings. The van der Waals surface area contributed by atoms with Gasteiger partial charge in [-0.15, -0.1) is 10.2 Å². The molecule has 1 aromatic heterocycles. The second-order valence-corrected chi connectivity index (χ2v) is 8.44. The highest BCUT2D eigenvalue weighted by Crippen LogP contribution is 2.27. The maximum Gasteiger partial charge on any atom is 0.267 e. The maximum absolute atomic E-state index is 12.5. The van der Waals surface area contributed by atoms with Crippen molar-refractivity contribution >= 4 is 34.1 Å². The van der Waals surface area contributed by atoms with E-state index in [0.717, 1.165) is 28.7 Å². The van der Waals surface area contributed by atoms with Gasteiger partial charge in [-0.25, -0.2) is 0 Å². The molecule has 3 rings (SSSR count). The van der Waals surface area contributed by atoms with Crippen LogP contribution in [0.1, 0.15) is 44.2 Å². The number of hydrogen-bond donors (Lipinski definition) is 1. The van der Waals surface area contributed by atoms with Gasteiger partial charge in [0.05, 0.1) is 0 Å². The highest BCUT2D eigenvalue weighted by molar-refractivity contribution is 8.01. The van der Waals surface area contributed by atoms with Crippen molar-refractivity contribution in [3.8, 4) is 5.75 Å². The molecule has 0 saturated heterocycles. The van der Waals surface area contributed by atoms with Gasteiger partial charge in [0, 0.05) is 0 Å². The largest absolute Gasteiger partial charge is 0.481 e. The molecule has 7 heteroatoms. The zero-order chi connectivity index (χ0) is 17.6. The molecule has 25 heavy (non-hydrogen) atoms. The number of nitrogens with one attached hydrogen (secondary N) is 1. The molecule has 1 aliphatic carbocycles. The number of nitrogens with zero attached hydrogens (tertiary/aromatic N) is 2. The van der Waals surface area contributed by atoms with Crippen molar-refractivity contribution in [2.24, 2.45) is 0 Å². The van der Waals surface area contributed by atoms with Crippen LogP contribution in [0.15, 0.2) is 22.5 Å². The van der Waals surface area contributed by atoms with Gasteiger partial charge >= 0.3 is 0 Å². The minimum Gasteiger partial charge on any atom is -0.481 e. The standard InChI is InChI=1S/C18H23N3O2S2/c1-3-15(16(22)19-17-20-21-18(25-17)24-4-2)23-14-10-9-12-7-5-6-8-13(12)11-14/h9-11,15H,3-8H2,1-2H3,(H,19,20,22)/t15-/m0/s1. The quantitative estimate of drug-likeness (QED) is 0.575. The Balaban J connectivity index is 1.63. The molecule has 134 valence electrons. The van der Waals surface area contributed by atoms with Gasteiger partial charge in [0.25, 0.3) is 5.91 Å². The Morgan fingerprint density at radius 1 is 1.28 bits per heavy atom. The monoisotopic (exact) mass is 377 g/mol. The van der Waals surface area contributed by atoms with Crippen molar-refractivity contribution in [1.82, 2.24) is 10.2 Å². The summed E-state index contributed by atoms with van der Waals surface area (Å²) in [7, 11) is 0. The zero-order valence-corrected chi connectivity index (χ0v) is 16.2. The smallest absolute Gasteiger partial charge is 0.267 e. The van der Waals surface area contributed by atoms with Gasteiger partial charge in [0.1, 0.15) is 5.75 Å². The Kier molecular flexibility index (Phi) is 6.31. The molecule has 1 aromatic carbocycles. The first-order chi connectivity index (χ1) is 12.2. The van der Waals surface area contributed by atoms with Crippen molar-refractivity contribution < 1.29 is 9.53 Å². The topological polar surface area (TPSA) is 64.1 Å². The molecule has 1 atom stereocenters. The minimum atomic E-state index is -0.534. The number of amides is 1. The number of thioether (sulfide) groups is 1. The van der Waals surface area contributed by atoms with E-state index in [9.17, 15) is 4.79 Å². The van der Waals surface area contributed by atoms with E-state index in [0.29, 0.717) is 11.6 Å². The number of hydrogen-bond acceptors (Lipinski definition) is 6. The Morgan fingerprint density at radius 3 is 2.84 bits per heavy atom. The summed E-state index contributed by atoms with van der Waals surface area (Å²) in [5.41, 5.74) is 2.76. The van der Waals surface area contributed by atoms with Gasteiger partial charge in [-0.2, -0.15) is 0 Å². The summed E-state index contributed by atoms with van der Waals surface area (Å²) in [4.78, 5) is 12.5. The first-order valence-corrected chi connectivity index (χ1v) is 10.6. The highest BCUT2D eigenvalue weighted by atomic mass is 32.2. The Bertz CT molecular complexity index is 733. The molecule has 0 bridgehead atoms. The van der Waals surface area contributed by atoms with Crippen molar-refractivity contribution in [3.63, 3.8) is 0 Å². The van der Waals surface area contributed by atoms with Crippen LogP contribution in [0.4, 0.5) is 5.13 Å². The number of carbonyl (C=O) groups excluding carboxylic acids is 1. The fraction of sp³-hybridized carbons (Fsp3) is 0.500. The van der Waals surface area contributed by atoms with Crippen LogP contribution >= 0.6 is 23.1 Å². The molecule has 0 radical (unpaired) electrons. The van der Waals surface area contributed by atoms with Crippen molar-refractivity contribution in [3.05, 3.63) is 29.3 Å². The number of aryl methyl sites for hydroxylation is 2. The lowest BCUT2D eigenvalue weighted by Crippen LogP contribution is -2.32. The summed E-state index contributed by atoms with van der Waals surface area (Å²) in [6.07, 6.45) is 4.78. The van der Waals surface area contributed by atoms with Gasteiger partial charge in [-0.3, -0.25) is 10.1 Å². The molecule has 1 aliphatic rings. The molecular formula is C18H23N3O2S2. The molecule has 0 saturated carbocycles. The summed E-state index contributed by atoms with van der Waals surface area (Å²) in [6.45, 7) is 4.00. The van der Waals surface area contributed by atoms with E-state index in [1.165, 1.54) is 35.3 Å². The van der Waals surface area contributed by atoms with Crippen LogP contribution < -0.4 is 10.1 Å². The van der Waals surface area contributed by atoms with E-state index in [4.69, 9.17) is 4.74 Å². The first-order valence-electron chi connectivity index (χ1n) is 8.75. The van der Waals surface area contributed by atoms with E-state index in [1.807, 2.05) is 13.0 Å². The molecular weight excluding hydrogens is 354 g/mol. The van der Waals surface area contributed by atoms with E-state index in [2.05, 4.69) is 34.6 Å². The van der Waals surface area contributed by atoms with Crippen LogP contribution in [-0.4, -0.2) is 28.0 Å². The third-order valence-corrected chi connectivity index (χ3v) is 6.02. The van der Waals surface area contributed by atoms with E-state index in [1.54, 1.807) is 11.8 Å². The molecule has 0 aliphatic heterocycles. The molecule has 1 amide bonds. The molecule has 5 nitrogen and oxygen atoms in total. The van der Waals surface area contributed by atoms with Gasteiger partial charge in [0.15, 0.2) is 10.4 Å². The number of fused-ring (bicyclic) bond motifs is 1. The SMILES string of the molecule is CCSc1nnc(NC(=O)[C@H](CC)Oc2ccc3c(c2)CCCC3)s1. The lowest BCUT2D eigenvalue weighted by Gasteiger charge is -2.20. The minimum absolute atomic E-state index is 0.176. The molecule has 0 unspecified atom stereocenters. The van der Waals surface area contributed by atoms with Gasteiger partial charge in [-0.05, 0) is 61.1 Å². The van der Waals surface area contributed by atoms with E-state index in [-0.39, 0.29) is 5.91 Å². The number of ether oxygens (including phenoxy) is 1. The zero-order valence-electron chi connectivity index (χ0n) is 14.6. The fourth-order valence-electron chi connectivity index (χ4n) is 2.90. The van der Waals surface area contributed by atoms with Crippen molar-refractivity contribution in [1.29, 1.82) is 0 Å². The third-order valence-electron chi connectivity index (χ3n) is 4.17. The Hall–Kier alpha value is -1.60. The Morgan fingerprint density at radius 2 is 2.08 bits per heavy atom. The number of aromatic nitrogens is 2. The number of benzene rings is 1. The summed E-state index contributed by atoms with van der Waals surface area (Å²) < 4.78 is 6.82. The van der Waals surface area contributed by atoms with Gasteiger partial charge in [-0.1, -0.05) is 43.0 Å². The number of rotatable bonds is 7. The van der Waals surface area contributed by atoms with Crippen LogP contribution in [0.25, 0.3) is 0 Å². The predicted octanol–water partition coefficient (Wildman–Crippen LogP) is 4.33. The van der Waals surface area contributed by atoms with E-state index < -0.39 is 6.10 Å². The van der Waals surface area contributed by atoms with Crippen LogP contribution in [0.3, 0.4) is 0 Å². The van der Waals surface area contributed by atoms with Crippen LogP contribution in [-0.2, 0) is 17.6 Å². The van der Waals surface area contributed by atoms with E-state index >= 15 is 0 Å². The Labute approximate surface area is 156 Å². The molecule has 0 spiro atoms. The third kappa shape index (κ3) is 4.73. The summed E-state index contributed by atoms with van der Waals surface area (Å²) in [5.74, 6) is 1.52. The summed E-state index contributed by atoms with van der Waals surface area (Å²) in [6, 6.07) is 6.19. The highest BCUT2D eigenvalue weighted by Gasteiger charge is 2.21. The molecule has 0 fully saturated rings. The summed E-state index contributed by atoms with van der Waals surface area (Å²) >= 11 is 3.01. The van der Waals surface area contributed by atoms with Crippen molar-refractivity contribution in [2.45, 2.75) is 56.4 Å². The van der Waals surface area contributed by atoms with Gasteiger partial charge < -0.3 is 4.74 Å². The normalized spacial score (nSPS) is 14.6. The average Bonchev–Trinajstić information content (AvgIpc) is 3.06. The number of anilines is 1. The number of carbonyl (C=O) groups is 1. The second-order valence-electron chi connectivity index (χ2n) is 5.95. The summed E-state index contributed by atoms with van der Waals surface area (Å²) in [5, 5.41) is 11.4. The van der Waals surface area contributed by atoms with Crippen LogP contribution in [0, 0.1) is 0 Å². The molecule has 1 heterocycles. The van der Waals surface area contributed by atoms with Gasteiger partial charge in [0.2, 0.25) is 5.13 Å². The second kappa shape index (κ2) is 8.67. The van der Waals surface area contributed by atoms with Crippen LogP contribution in [0.5, 0.6) is 5.75 Å². The predicted molar refractivity (Wildman–Crippen MR) is 103 cm³/mol.